The molecule has 0 fully saturated rings. The summed E-state index contributed by atoms with van der Waals surface area (Å²) in [7, 11) is -4.20. The van der Waals surface area contributed by atoms with Gasteiger partial charge in [0.25, 0.3) is 10.1 Å². The van der Waals surface area contributed by atoms with Crippen LogP contribution in [0.15, 0.2) is 23.1 Å². The minimum atomic E-state index is -4.20. The SMILES string of the molecule is CC(C)=[N+](CCCCCC(=O)O)c1ccc(S(=O)(=O)O)cc1C. The molecule has 0 saturated carbocycles. The van der Waals surface area contributed by atoms with Crippen LogP contribution in [0.5, 0.6) is 0 Å². The molecule has 0 spiro atoms. The summed E-state index contributed by atoms with van der Waals surface area (Å²) < 4.78 is 33.6. The van der Waals surface area contributed by atoms with E-state index < -0.39 is 16.1 Å². The van der Waals surface area contributed by atoms with E-state index in [2.05, 4.69) is 4.58 Å². The normalized spacial score (nSPS) is 11.3. The lowest BCUT2D eigenvalue weighted by Crippen LogP contribution is -2.15. The highest BCUT2D eigenvalue weighted by molar-refractivity contribution is 7.85. The molecule has 0 aliphatic carbocycles. The Morgan fingerprint density at radius 3 is 2.30 bits per heavy atom. The van der Waals surface area contributed by atoms with Crippen LogP contribution >= 0.6 is 0 Å². The van der Waals surface area contributed by atoms with E-state index in [1.807, 2.05) is 13.8 Å². The minimum Gasteiger partial charge on any atom is -0.481 e. The van der Waals surface area contributed by atoms with Crippen molar-refractivity contribution in [1.29, 1.82) is 0 Å². The van der Waals surface area contributed by atoms with Crippen molar-refractivity contribution in [3.63, 3.8) is 0 Å². The summed E-state index contributed by atoms with van der Waals surface area (Å²) >= 11 is 0. The van der Waals surface area contributed by atoms with Gasteiger partial charge in [0.05, 0.1) is 4.90 Å². The first-order chi connectivity index (χ1) is 10.6. The van der Waals surface area contributed by atoms with Crippen LogP contribution in [0.3, 0.4) is 0 Å². The van der Waals surface area contributed by atoms with Crippen LogP contribution in [0.1, 0.15) is 45.1 Å². The summed E-state index contributed by atoms with van der Waals surface area (Å²) in [5.41, 5.74) is 2.70. The average molecular weight is 342 g/mol. The Hall–Kier alpha value is -1.73. The zero-order valence-corrected chi connectivity index (χ0v) is 14.6. The van der Waals surface area contributed by atoms with Crippen LogP contribution in [-0.4, -0.2) is 40.9 Å². The van der Waals surface area contributed by atoms with Crippen molar-refractivity contribution in [3.8, 4) is 0 Å². The summed E-state index contributed by atoms with van der Waals surface area (Å²) in [5.74, 6) is -0.781. The molecule has 6 nitrogen and oxygen atoms in total. The zero-order chi connectivity index (χ0) is 17.6. The topological polar surface area (TPSA) is 94.7 Å². The molecule has 0 saturated heterocycles. The van der Waals surface area contributed by atoms with Crippen molar-refractivity contribution >= 4 is 27.5 Å². The predicted octanol–water partition coefficient (Wildman–Crippen LogP) is 3.01. The number of rotatable bonds is 8. The van der Waals surface area contributed by atoms with Gasteiger partial charge in [0, 0.05) is 38.3 Å². The monoisotopic (exact) mass is 342 g/mol. The molecule has 2 N–H and O–H groups in total. The molecule has 0 atom stereocenters. The van der Waals surface area contributed by atoms with E-state index in [1.165, 1.54) is 12.1 Å². The second-order valence-corrected chi connectivity index (χ2v) is 7.15. The highest BCUT2D eigenvalue weighted by Gasteiger charge is 2.18. The van der Waals surface area contributed by atoms with Crippen molar-refractivity contribution < 1.29 is 27.4 Å². The second-order valence-electron chi connectivity index (χ2n) is 5.73. The Morgan fingerprint density at radius 1 is 1.17 bits per heavy atom. The summed E-state index contributed by atoms with van der Waals surface area (Å²) in [6.45, 7) is 6.46. The highest BCUT2D eigenvalue weighted by Crippen LogP contribution is 2.23. The van der Waals surface area contributed by atoms with E-state index in [1.54, 1.807) is 13.0 Å². The fourth-order valence-electron chi connectivity index (χ4n) is 2.40. The number of unbranched alkanes of at least 4 members (excludes halogenated alkanes) is 2. The van der Waals surface area contributed by atoms with Gasteiger partial charge in [-0.15, -0.1) is 0 Å². The molecule has 0 heterocycles. The van der Waals surface area contributed by atoms with Crippen LogP contribution < -0.4 is 0 Å². The van der Waals surface area contributed by atoms with Crippen molar-refractivity contribution in [1.82, 2.24) is 0 Å². The fraction of sp³-hybridized carbons (Fsp3) is 0.500. The van der Waals surface area contributed by atoms with Crippen LogP contribution in [0.2, 0.25) is 0 Å². The van der Waals surface area contributed by atoms with Crippen LogP contribution in [0, 0.1) is 6.92 Å². The van der Waals surface area contributed by atoms with Crippen LogP contribution in [-0.2, 0) is 14.9 Å². The van der Waals surface area contributed by atoms with Crippen LogP contribution in [0.4, 0.5) is 5.69 Å². The zero-order valence-electron chi connectivity index (χ0n) is 13.7. The van der Waals surface area contributed by atoms with Crippen molar-refractivity contribution in [2.75, 3.05) is 6.54 Å². The van der Waals surface area contributed by atoms with Crippen molar-refractivity contribution in [2.24, 2.45) is 0 Å². The number of hydrogen-bond donors (Lipinski definition) is 2. The molecular weight excluding hydrogens is 318 g/mol. The van der Waals surface area contributed by atoms with Crippen molar-refractivity contribution in [2.45, 2.75) is 51.3 Å². The molecule has 1 rings (SSSR count). The molecule has 0 aromatic heterocycles. The second kappa shape index (κ2) is 8.21. The smallest absolute Gasteiger partial charge is 0.303 e. The molecule has 0 bridgehead atoms. The first-order valence-corrected chi connectivity index (χ1v) is 8.94. The lowest BCUT2D eigenvalue weighted by molar-refractivity contribution is -0.443. The third-order valence-electron chi connectivity index (χ3n) is 3.57. The molecule has 23 heavy (non-hydrogen) atoms. The average Bonchev–Trinajstić information content (AvgIpc) is 2.41. The first kappa shape index (κ1) is 19.3. The van der Waals surface area contributed by atoms with Gasteiger partial charge in [0.2, 0.25) is 5.69 Å². The summed E-state index contributed by atoms with van der Waals surface area (Å²) in [6, 6.07) is 4.52. The summed E-state index contributed by atoms with van der Waals surface area (Å²) in [6.07, 6.45) is 2.49. The van der Waals surface area contributed by atoms with Gasteiger partial charge in [-0.05, 0) is 31.9 Å². The van der Waals surface area contributed by atoms with Gasteiger partial charge < -0.3 is 5.11 Å². The molecule has 0 amide bonds. The number of carboxylic acids is 1. The largest absolute Gasteiger partial charge is 0.481 e. The third kappa shape index (κ3) is 6.11. The Kier molecular flexibility index (Phi) is 6.90. The van der Waals surface area contributed by atoms with E-state index in [0.717, 1.165) is 36.3 Å². The first-order valence-electron chi connectivity index (χ1n) is 7.50. The Morgan fingerprint density at radius 2 is 1.83 bits per heavy atom. The molecule has 1 aromatic rings. The quantitative estimate of drug-likeness (QED) is 0.328. The van der Waals surface area contributed by atoms with E-state index in [-0.39, 0.29) is 11.3 Å². The summed E-state index contributed by atoms with van der Waals surface area (Å²) in [5, 5.41) is 8.63. The number of benzene rings is 1. The van der Waals surface area contributed by atoms with E-state index in [9.17, 15) is 13.2 Å². The Labute approximate surface area is 137 Å². The molecule has 7 heteroatoms. The molecular formula is C16H24NO5S+. The molecule has 0 unspecified atom stereocenters. The third-order valence-corrected chi connectivity index (χ3v) is 4.42. The number of aryl methyl sites for hydroxylation is 1. The summed E-state index contributed by atoms with van der Waals surface area (Å²) in [4.78, 5) is 10.4. The maximum atomic E-state index is 11.2. The van der Waals surface area contributed by atoms with Gasteiger partial charge >= 0.3 is 5.97 Å². The highest BCUT2D eigenvalue weighted by atomic mass is 32.2. The Balaban J connectivity index is 2.87. The van der Waals surface area contributed by atoms with Crippen molar-refractivity contribution in [3.05, 3.63) is 23.8 Å². The van der Waals surface area contributed by atoms with Gasteiger partial charge in [-0.25, -0.2) is 4.58 Å². The maximum absolute atomic E-state index is 11.2. The maximum Gasteiger partial charge on any atom is 0.303 e. The number of carbonyl (C=O) groups is 1. The lowest BCUT2D eigenvalue weighted by Gasteiger charge is -2.09. The standard InChI is InChI=1S/C16H23NO5S/c1-12(2)17(10-6-4-5-7-16(18)19)15-9-8-14(11-13(15)3)23(20,21)22/h8-9,11H,4-7,10H2,1-3H3,(H-,18,19,20,21,22)/p+1. The molecule has 1 aromatic carbocycles. The number of carboxylic acid groups (broad SMARTS) is 1. The number of aliphatic carboxylic acids is 1. The number of hydrogen-bond acceptors (Lipinski definition) is 3. The van der Waals surface area contributed by atoms with Gasteiger partial charge in [0.1, 0.15) is 6.54 Å². The lowest BCUT2D eigenvalue weighted by atomic mass is 10.1. The van der Waals surface area contributed by atoms with E-state index in [4.69, 9.17) is 9.66 Å². The predicted molar refractivity (Wildman–Crippen MR) is 88.2 cm³/mol. The van der Waals surface area contributed by atoms with Gasteiger partial charge in [-0.1, -0.05) is 0 Å². The molecule has 128 valence electrons. The van der Waals surface area contributed by atoms with Crippen LogP contribution in [0.25, 0.3) is 0 Å². The number of nitrogens with zero attached hydrogens (tertiary/aromatic N) is 1. The fourth-order valence-corrected chi connectivity index (χ4v) is 2.96. The Bertz CT molecular complexity index is 703. The molecule has 0 radical (unpaired) electrons. The van der Waals surface area contributed by atoms with E-state index >= 15 is 0 Å². The molecule has 0 aliphatic heterocycles. The van der Waals surface area contributed by atoms with Gasteiger partial charge in [-0.2, -0.15) is 8.42 Å². The minimum absolute atomic E-state index is 0.117. The van der Waals surface area contributed by atoms with Gasteiger partial charge in [-0.3, -0.25) is 9.35 Å². The van der Waals surface area contributed by atoms with E-state index in [0.29, 0.717) is 6.42 Å². The van der Waals surface area contributed by atoms with Gasteiger partial charge in [0.15, 0.2) is 5.71 Å². The molecule has 0 aliphatic rings.